The molecule has 220 valence electrons. The fraction of sp³-hybridized carbons (Fsp3) is 1.00. The Balaban J connectivity index is -0.000000125. The van der Waals surface area contributed by atoms with Crippen LogP contribution in [0.5, 0.6) is 0 Å². The zero-order chi connectivity index (χ0) is 29.2. The van der Waals surface area contributed by atoms with Gasteiger partial charge in [0.2, 0.25) is 5.92 Å². The van der Waals surface area contributed by atoms with Gasteiger partial charge < -0.3 is 10.2 Å². The monoisotopic (exact) mass is 513 g/mol. The van der Waals surface area contributed by atoms with Crippen molar-refractivity contribution in [3.8, 4) is 0 Å². The van der Waals surface area contributed by atoms with Gasteiger partial charge in [-0.15, -0.1) is 0 Å². The quantitative estimate of drug-likeness (QED) is 0.257. The van der Waals surface area contributed by atoms with E-state index in [0.717, 1.165) is 31.1 Å². The van der Waals surface area contributed by atoms with Gasteiger partial charge in [-0.2, -0.15) is 0 Å². The SMILES string of the molecule is CC.CC.CC(O)CC(C)C(C)(F)F.CCC(C)C(C)O.CCCC(CCC)C(C)CCC(C)C. The Morgan fingerprint density at radius 1 is 0.657 bits per heavy atom. The molecule has 0 fully saturated rings. The van der Waals surface area contributed by atoms with Crippen molar-refractivity contribution in [3.63, 3.8) is 0 Å². The van der Waals surface area contributed by atoms with Crippen LogP contribution in [0.25, 0.3) is 0 Å². The van der Waals surface area contributed by atoms with Gasteiger partial charge in [0.25, 0.3) is 0 Å². The van der Waals surface area contributed by atoms with Crippen LogP contribution >= 0.6 is 0 Å². The zero-order valence-electron chi connectivity index (χ0n) is 26.8. The van der Waals surface area contributed by atoms with E-state index in [4.69, 9.17) is 10.2 Å². The molecular formula is C31H70F2O2. The normalized spacial score (nSPS) is 15.0. The van der Waals surface area contributed by atoms with Crippen molar-refractivity contribution in [1.82, 2.24) is 0 Å². The topological polar surface area (TPSA) is 40.5 Å². The van der Waals surface area contributed by atoms with Crippen LogP contribution in [0.3, 0.4) is 0 Å². The molecule has 0 aromatic rings. The smallest absolute Gasteiger partial charge is 0.248 e. The summed E-state index contributed by atoms with van der Waals surface area (Å²) in [7, 11) is 0. The lowest BCUT2D eigenvalue weighted by atomic mass is 9.82. The van der Waals surface area contributed by atoms with Gasteiger partial charge >= 0.3 is 0 Å². The molecule has 0 saturated carbocycles. The molecule has 0 rings (SSSR count). The fourth-order valence-corrected chi connectivity index (χ4v) is 3.35. The number of hydrogen-bond donors (Lipinski definition) is 2. The third-order valence-corrected chi connectivity index (χ3v) is 6.35. The second kappa shape index (κ2) is 30.0. The van der Waals surface area contributed by atoms with E-state index < -0.39 is 17.9 Å². The Labute approximate surface area is 222 Å². The highest BCUT2D eigenvalue weighted by Gasteiger charge is 2.30. The Morgan fingerprint density at radius 3 is 1.23 bits per heavy atom. The van der Waals surface area contributed by atoms with E-state index in [1.165, 1.54) is 52.4 Å². The molecule has 5 atom stereocenters. The van der Waals surface area contributed by atoms with Crippen molar-refractivity contribution in [1.29, 1.82) is 0 Å². The number of halogens is 2. The van der Waals surface area contributed by atoms with Crippen LogP contribution in [-0.4, -0.2) is 28.3 Å². The molecule has 0 heterocycles. The van der Waals surface area contributed by atoms with Gasteiger partial charge in [0.05, 0.1) is 12.2 Å². The predicted octanol–water partition coefficient (Wildman–Crippen LogP) is 10.8. The highest BCUT2D eigenvalue weighted by atomic mass is 19.3. The molecule has 4 heteroatoms. The number of rotatable bonds is 13. The second-order valence-electron chi connectivity index (χ2n) is 10.4. The summed E-state index contributed by atoms with van der Waals surface area (Å²) in [5.74, 6) is -0.147. The third-order valence-electron chi connectivity index (χ3n) is 6.35. The molecule has 2 nitrogen and oxygen atoms in total. The van der Waals surface area contributed by atoms with Crippen molar-refractivity contribution in [3.05, 3.63) is 0 Å². The standard InChI is InChI=1S/C14H30.C7H14F2O.C6H14O.2C2H6/c1-6-8-14(9-7-2)13(5)11-10-12(3)4;1-5(4-6(2)10)7(3,8)9;1-4-5(2)6(3)7;2*1-2/h12-14H,6-11H2,1-5H3;5-6,10H,4H2,1-3H3;5-7H,4H2,1-3H3;2*1-2H3. The van der Waals surface area contributed by atoms with Gasteiger partial charge in [0, 0.05) is 5.92 Å². The number of hydrogen-bond acceptors (Lipinski definition) is 2. The highest BCUT2D eigenvalue weighted by molar-refractivity contribution is 4.69. The maximum absolute atomic E-state index is 12.4. The Kier molecular flexibility index (Phi) is 38.4. The molecule has 0 saturated heterocycles. The summed E-state index contributed by atoms with van der Waals surface area (Å²) in [5.41, 5.74) is 0. The zero-order valence-corrected chi connectivity index (χ0v) is 26.8. The Bertz CT molecular complexity index is 359. The van der Waals surface area contributed by atoms with Crippen molar-refractivity contribution in [2.75, 3.05) is 0 Å². The van der Waals surface area contributed by atoms with Gasteiger partial charge in [0.1, 0.15) is 0 Å². The van der Waals surface area contributed by atoms with Crippen molar-refractivity contribution >= 4 is 0 Å². The van der Waals surface area contributed by atoms with Gasteiger partial charge in [-0.25, -0.2) is 8.78 Å². The summed E-state index contributed by atoms with van der Waals surface area (Å²) >= 11 is 0. The molecule has 5 unspecified atom stereocenters. The summed E-state index contributed by atoms with van der Waals surface area (Å²) in [6, 6.07) is 0. The second-order valence-corrected chi connectivity index (χ2v) is 10.4. The van der Waals surface area contributed by atoms with E-state index >= 15 is 0 Å². The summed E-state index contributed by atoms with van der Waals surface area (Å²) in [4.78, 5) is 0. The van der Waals surface area contributed by atoms with Crippen LogP contribution in [0, 0.1) is 29.6 Å². The number of alkyl halides is 2. The molecule has 0 aliphatic heterocycles. The summed E-state index contributed by atoms with van der Waals surface area (Å²) < 4.78 is 24.7. The highest BCUT2D eigenvalue weighted by Crippen LogP contribution is 2.28. The maximum atomic E-state index is 12.4. The van der Waals surface area contributed by atoms with Crippen LogP contribution in [0.1, 0.15) is 155 Å². The van der Waals surface area contributed by atoms with Crippen LogP contribution in [0.15, 0.2) is 0 Å². The molecule has 0 amide bonds. The van der Waals surface area contributed by atoms with Crippen molar-refractivity contribution in [2.45, 2.75) is 173 Å². The average Bonchev–Trinajstić information content (AvgIpc) is 2.79. The first-order chi connectivity index (χ1) is 16.1. The van der Waals surface area contributed by atoms with Crippen molar-refractivity contribution in [2.24, 2.45) is 29.6 Å². The molecule has 0 aliphatic carbocycles. The first-order valence-corrected chi connectivity index (χ1v) is 14.9. The van der Waals surface area contributed by atoms with E-state index in [-0.39, 0.29) is 12.5 Å². The number of aliphatic hydroxyl groups excluding tert-OH is 2. The lowest BCUT2D eigenvalue weighted by Gasteiger charge is -2.23. The van der Waals surface area contributed by atoms with E-state index in [9.17, 15) is 8.78 Å². The molecule has 0 spiro atoms. The Hall–Kier alpha value is -0.220. The fourth-order valence-electron chi connectivity index (χ4n) is 3.35. The van der Waals surface area contributed by atoms with Gasteiger partial charge in [0.15, 0.2) is 0 Å². The van der Waals surface area contributed by atoms with Gasteiger partial charge in [-0.05, 0) is 50.9 Å². The van der Waals surface area contributed by atoms with Crippen LogP contribution in [-0.2, 0) is 0 Å². The largest absolute Gasteiger partial charge is 0.393 e. The van der Waals surface area contributed by atoms with E-state index in [0.29, 0.717) is 5.92 Å². The minimum Gasteiger partial charge on any atom is -0.393 e. The minimum absolute atomic E-state index is 0.134. The molecular weight excluding hydrogens is 442 g/mol. The molecule has 0 aromatic carbocycles. The molecule has 2 N–H and O–H groups in total. The van der Waals surface area contributed by atoms with Gasteiger partial charge in [-0.3, -0.25) is 0 Å². The molecule has 0 aliphatic rings. The van der Waals surface area contributed by atoms with Gasteiger partial charge in [-0.1, -0.05) is 128 Å². The van der Waals surface area contributed by atoms with Crippen molar-refractivity contribution < 1.29 is 19.0 Å². The summed E-state index contributed by atoms with van der Waals surface area (Å²) in [5, 5.41) is 17.6. The van der Waals surface area contributed by atoms with E-state index in [1.807, 2.05) is 41.5 Å². The van der Waals surface area contributed by atoms with Crippen LogP contribution < -0.4 is 0 Å². The Morgan fingerprint density at radius 2 is 1.06 bits per heavy atom. The molecule has 35 heavy (non-hydrogen) atoms. The minimum atomic E-state index is -2.67. The third kappa shape index (κ3) is 36.0. The number of aliphatic hydroxyl groups is 2. The predicted molar refractivity (Wildman–Crippen MR) is 156 cm³/mol. The van der Waals surface area contributed by atoms with Crippen LogP contribution in [0.4, 0.5) is 8.78 Å². The summed E-state index contributed by atoms with van der Waals surface area (Å²) in [6.07, 6.45) is 8.88. The lowest BCUT2D eigenvalue weighted by Crippen LogP contribution is -2.24. The molecule has 0 bridgehead atoms. The van der Waals surface area contributed by atoms with Crippen LogP contribution in [0.2, 0.25) is 0 Å². The maximum Gasteiger partial charge on any atom is 0.248 e. The van der Waals surface area contributed by atoms with E-state index in [2.05, 4.69) is 41.5 Å². The molecule has 0 aromatic heterocycles. The molecule has 0 radical (unpaired) electrons. The lowest BCUT2D eigenvalue weighted by molar-refractivity contribution is -0.0476. The van der Waals surface area contributed by atoms with E-state index in [1.54, 1.807) is 0 Å². The first kappa shape index (κ1) is 44.8. The first-order valence-electron chi connectivity index (χ1n) is 14.9. The summed E-state index contributed by atoms with van der Waals surface area (Å²) in [6.45, 7) is 29.5. The average molecular weight is 513 g/mol.